The maximum atomic E-state index is 8.95. The summed E-state index contributed by atoms with van der Waals surface area (Å²) in [6.07, 6.45) is 5.27. The van der Waals surface area contributed by atoms with E-state index >= 15 is 0 Å². The first-order valence-electron chi connectivity index (χ1n) is 6.05. The third-order valence-electron chi connectivity index (χ3n) is 3.01. The van der Waals surface area contributed by atoms with Gasteiger partial charge in [0.1, 0.15) is 5.75 Å². The van der Waals surface area contributed by atoms with Gasteiger partial charge in [-0.15, -0.1) is 0 Å². The Morgan fingerprint density at radius 1 is 1.26 bits per heavy atom. The zero-order valence-corrected chi connectivity index (χ0v) is 10.2. The SMILES string of the molecule is N#Cc1ccc(Oc2ncc(N)cn2)c(C2CC2)c1. The molecule has 0 aliphatic heterocycles. The van der Waals surface area contributed by atoms with Crippen LogP contribution in [0.2, 0.25) is 0 Å². The fourth-order valence-electron chi connectivity index (χ4n) is 1.90. The minimum atomic E-state index is 0.265. The molecule has 0 atom stereocenters. The normalized spacial score (nSPS) is 13.8. The lowest BCUT2D eigenvalue weighted by atomic mass is 10.1. The highest BCUT2D eigenvalue weighted by molar-refractivity contribution is 5.46. The molecule has 1 heterocycles. The van der Waals surface area contributed by atoms with Crippen LogP contribution in [0.1, 0.15) is 29.9 Å². The van der Waals surface area contributed by atoms with Gasteiger partial charge in [-0.3, -0.25) is 0 Å². The monoisotopic (exact) mass is 252 g/mol. The van der Waals surface area contributed by atoms with E-state index in [-0.39, 0.29) is 6.01 Å². The Bertz CT molecular complexity index is 641. The molecule has 3 rings (SSSR count). The van der Waals surface area contributed by atoms with Crippen LogP contribution in [0.15, 0.2) is 30.6 Å². The van der Waals surface area contributed by atoms with Crippen LogP contribution < -0.4 is 10.5 Å². The van der Waals surface area contributed by atoms with Crippen LogP contribution in [-0.2, 0) is 0 Å². The number of ether oxygens (including phenoxy) is 1. The molecule has 0 radical (unpaired) electrons. The van der Waals surface area contributed by atoms with Crippen molar-refractivity contribution in [3.63, 3.8) is 0 Å². The fraction of sp³-hybridized carbons (Fsp3) is 0.214. The zero-order chi connectivity index (χ0) is 13.2. The van der Waals surface area contributed by atoms with E-state index in [1.165, 1.54) is 12.4 Å². The van der Waals surface area contributed by atoms with Crippen molar-refractivity contribution in [2.45, 2.75) is 18.8 Å². The van der Waals surface area contributed by atoms with Crippen LogP contribution >= 0.6 is 0 Å². The topological polar surface area (TPSA) is 84.8 Å². The van der Waals surface area contributed by atoms with Crippen molar-refractivity contribution < 1.29 is 4.74 Å². The van der Waals surface area contributed by atoms with E-state index in [9.17, 15) is 0 Å². The van der Waals surface area contributed by atoms with Gasteiger partial charge in [-0.05, 0) is 42.5 Å². The predicted molar refractivity (Wildman–Crippen MR) is 69.7 cm³/mol. The molecule has 94 valence electrons. The summed E-state index contributed by atoms with van der Waals surface area (Å²) < 4.78 is 5.68. The van der Waals surface area contributed by atoms with Crippen LogP contribution in [0, 0.1) is 11.3 Å². The highest BCUT2D eigenvalue weighted by Crippen LogP contribution is 2.45. The lowest BCUT2D eigenvalue weighted by Gasteiger charge is -2.09. The summed E-state index contributed by atoms with van der Waals surface area (Å²) in [6, 6.07) is 7.82. The zero-order valence-electron chi connectivity index (χ0n) is 10.2. The second-order valence-corrected chi connectivity index (χ2v) is 4.54. The smallest absolute Gasteiger partial charge is 0.322 e. The number of hydrogen-bond acceptors (Lipinski definition) is 5. The van der Waals surface area contributed by atoms with Crippen LogP contribution in [0.25, 0.3) is 0 Å². The minimum Gasteiger partial charge on any atom is -0.424 e. The van der Waals surface area contributed by atoms with E-state index in [1.807, 2.05) is 6.07 Å². The molecule has 19 heavy (non-hydrogen) atoms. The molecule has 2 N–H and O–H groups in total. The molecule has 0 amide bonds. The molecule has 1 saturated carbocycles. The number of rotatable bonds is 3. The summed E-state index contributed by atoms with van der Waals surface area (Å²) in [5, 5.41) is 8.95. The van der Waals surface area contributed by atoms with Gasteiger partial charge in [0.15, 0.2) is 0 Å². The Morgan fingerprint density at radius 2 is 2.00 bits per heavy atom. The molecule has 0 unspecified atom stereocenters. The van der Waals surface area contributed by atoms with Gasteiger partial charge in [-0.1, -0.05) is 0 Å². The highest BCUT2D eigenvalue weighted by Gasteiger charge is 2.27. The largest absolute Gasteiger partial charge is 0.424 e. The van der Waals surface area contributed by atoms with Gasteiger partial charge in [0.05, 0.1) is 29.7 Å². The molecule has 1 fully saturated rings. The summed E-state index contributed by atoms with van der Waals surface area (Å²) >= 11 is 0. The van der Waals surface area contributed by atoms with Crippen molar-refractivity contribution in [3.8, 4) is 17.8 Å². The molecular weight excluding hydrogens is 240 g/mol. The maximum absolute atomic E-state index is 8.95. The van der Waals surface area contributed by atoms with Crippen LogP contribution in [0.3, 0.4) is 0 Å². The van der Waals surface area contributed by atoms with Gasteiger partial charge >= 0.3 is 6.01 Å². The Labute approximate surface area is 110 Å². The predicted octanol–water partition coefficient (Wildman–Crippen LogP) is 2.60. The van der Waals surface area contributed by atoms with Gasteiger partial charge in [0, 0.05) is 0 Å². The molecule has 0 bridgehead atoms. The van der Waals surface area contributed by atoms with E-state index in [4.69, 9.17) is 15.7 Å². The molecule has 5 heteroatoms. The number of benzene rings is 1. The van der Waals surface area contributed by atoms with Gasteiger partial charge in [-0.25, -0.2) is 9.97 Å². The van der Waals surface area contributed by atoms with Crippen molar-refractivity contribution in [1.29, 1.82) is 5.26 Å². The lowest BCUT2D eigenvalue weighted by Crippen LogP contribution is -1.96. The van der Waals surface area contributed by atoms with Gasteiger partial charge in [0.2, 0.25) is 0 Å². The molecule has 0 spiro atoms. The van der Waals surface area contributed by atoms with E-state index in [1.54, 1.807) is 12.1 Å². The molecule has 2 aromatic rings. The minimum absolute atomic E-state index is 0.265. The average molecular weight is 252 g/mol. The molecular formula is C14H12N4O. The van der Waals surface area contributed by atoms with Crippen molar-refractivity contribution in [2.24, 2.45) is 0 Å². The molecule has 5 nitrogen and oxygen atoms in total. The second kappa shape index (κ2) is 4.58. The van der Waals surface area contributed by atoms with Crippen molar-refractivity contribution in [3.05, 3.63) is 41.7 Å². The van der Waals surface area contributed by atoms with E-state index < -0.39 is 0 Å². The van der Waals surface area contributed by atoms with Crippen molar-refractivity contribution in [1.82, 2.24) is 9.97 Å². The average Bonchev–Trinajstić information content (AvgIpc) is 3.26. The number of nitrogens with two attached hydrogens (primary N) is 1. The summed E-state index contributed by atoms with van der Waals surface area (Å²) in [5.74, 6) is 1.20. The number of hydrogen-bond donors (Lipinski definition) is 1. The van der Waals surface area contributed by atoms with Gasteiger partial charge in [-0.2, -0.15) is 5.26 Å². The second-order valence-electron chi connectivity index (χ2n) is 4.54. The number of nitrogens with zero attached hydrogens (tertiary/aromatic N) is 3. The highest BCUT2D eigenvalue weighted by atomic mass is 16.5. The quantitative estimate of drug-likeness (QED) is 0.907. The van der Waals surface area contributed by atoms with Gasteiger partial charge < -0.3 is 10.5 Å². The van der Waals surface area contributed by atoms with E-state index in [0.717, 1.165) is 18.4 Å². The summed E-state index contributed by atoms with van der Waals surface area (Å²) in [4.78, 5) is 8.03. The molecule has 1 aliphatic rings. The van der Waals surface area contributed by atoms with Gasteiger partial charge in [0.25, 0.3) is 0 Å². The third-order valence-corrected chi connectivity index (χ3v) is 3.01. The Balaban J connectivity index is 1.92. The number of nitrogen functional groups attached to an aromatic ring is 1. The summed E-state index contributed by atoms with van der Waals surface area (Å²) in [5.41, 5.74) is 7.73. The first-order valence-corrected chi connectivity index (χ1v) is 6.05. The Hall–Kier alpha value is -2.61. The summed E-state index contributed by atoms with van der Waals surface area (Å²) in [7, 11) is 0. The van der Waals surface area contributed by atoms with Crippen molar-refractivity contribution in [2.75, 3.05) is 5.73 Å². The van der Waals surface area contributed by atoms with Crippen LogP contribution in [0.5, 0.6) is 11.8 Å². The Kier molecular flexibility index (Phi) is 2.76. The first kappa shape index (κ1) is 11.5. The number of aromatic nitrogens is 2. The molecule has 0 saturated heterocycles. The van der Waals surface area contributed by atoms with E-state index in [0.29, 0.717) is 22.9 Å². The van der Waals surface area contributed by atoms with Crippen LogP contribution in [0.4, 0.5) is 5.69 Å². The van der Waals surface area contributed by atoms with E-state index in [2.05, 4.69) is 16.0 Å². The molecule has 1 aliphatic carbocycles. The fourth-order valence-corrected chi connectivity index (χ4v) is 1.90. The Morgan fingerprint density at radius 3 is 2.63 bits per heavy atom. The maximum Gasteiger partial charge on any atom is 0.322 e. The standard InChI is InChI=1S/C14H12N4O/c15-6-9-1-4-13(12(5-9)10-2-3-10)19-14-17-7-11(16)8-18-14/h1,4-5,7-8,10H,2-3,16H2. The number of anilines is 1. The number of nitriles is 1. The first-order chi connectivity index (χ1) is 9.26. The third kappa shape index (κ3) is 2.47. The summed E-state index contributed by atoms with van der Waals surface area (Å²) in [6.45, 7) is 0. The molecule has 1 aromatic heterocycles. The van der Waals surface area contributed by atoms with Crippen molar-refractivity contribution >= 4 is 5.69 Å². The lowest BCUT2D eigenvalue weighted by molar-refractivity contribution is 0.437. The molecule has 1 aromatic carbocycles. The van der Waals surface area contributed by atoms with Crippen LogP contribution in [-0.4, -0.2) is 9.97 Å².